The molecule has 0 unspecified atom stereocenters. The number of benzene rings is 3. The van der Waals surface area contributed by atoms with Gasteiger partial charge in [0, 0.05) is 10.7 Å². The molecule has 0 aliphatic heterocycles. The molecule has 3 aromatic carbocycles. The molecule has 0 aromatic heterocycles. The van der Waals surface area contributed by atoms with Gasteiger partial charge >= 0.3 is 0 Å². The number of para-hydroxylation sites is 3. The molecule has 0 heterocycles. The number of nitrogens with one attached hydrogen (secondary N) is 2. The maximum Gasteiger partial charge on any atom is 0.250 e. The van der Waals surface area contributed by atoms with Gasteiger partial charge in [0.05, 0.1) is 17.8 Å². The van der Waals surface area contributed by atoms with Crippen LogP contribution in [-0.2, 0) is 4.79 Å². The van der Waals surface area contributed by atoms with Crippen molar-refractivity contribution in [3.05, 3.63) is 83.4 Å². The van der Waals surface area contributed by atoms with Crippen LogP contribution in [0.2, 0.25) is 5.02 Å². The first-order valence-electron chi connectivity index (χ1n) is 8.48. The Bertz CT molecular complexity index is 993. The van der Waals surface area contributed by atoms with Gasteiger partial charge in [0.25, 0.3) is 5.91 Å². The predicted octanol–water partition coefficient (Wildman–Crippen LogP) is 4.28. The number of carbonyl (C=O) groups excluding carboxylic acids is 2. The SMILES string of the molecule is NC(=O)c1ccc(Cl)cc1NCC(=O)Nc1ccccc1Oc1ccccc1. The highest BCUT2D eigenvalue weighted by molar-refractivity contribution is 6.31. The minimum absolute atomic E-state index is 0.0830. The molecule has 4 N–H and O–H groups in total. The Hall–Kier alpha value is -3.51. The van der Waals surface area contributed by atoms with E-state index in [1.165, 1.54) is 6.07 Å². The molecule has 0 atom stereocenters. The molecule has 0 saturated heterocycles. The number of anilines is 2. The zero-order chi connectivity index (χ0) is 19.9. The largest absolute Gasteiger partial charge is 0.455 e. The van der Waals surface area contributed by atoms with E-state index in [0.717, 1.165) is 0 Å². The van der Waals surface area contributed by atoms with Crippen LogP contribution in [0.1, 0.15) is 10.4 Å². The van der Waals surface area contributed by atoms with Crippen LogP contribution in [-0.4, -0.2) is 18.4 Å². The molecule has 0 aliphatic rings. The zero-order valence-corrected chi connectivity index (χ0v) is 15.6. The Balaban J connectivity index is 1.68. The van der Waals surface area contributed by atoms with Crippen molar-refractivity contribution in [1.82, 2.24) is 0 Å². The number of carbonyl (C=O) groups is 2. The van der Waals surface area contributed by atoms with Crippen LogP contribution in [0, 0.1) is 0 Å². The Morgan fingerprint density at radius 2 is 1.64 bits per heavy atom. The van der Waals surface area contributed by atoms with Gasteiger partial charge in [-0.15, -0.1) is 0 Å². The predicted molar refractivity (Wildman–Crippen MR) is 110 cm³/mol. The molecule has 3 rings (SSSR count). The molecular weight excluding hydrogens is 378 g/mol. The molecule has 7 heteroatoms. The molecule has 142 valence electrons. The van der Waals surface area contributed by atoms with Gasteiger partial charge in [0.15, 0.2) is 5.75 Å². The van der Waals surface area contributed by atoms with Crippen LogP contribution in [0.25, 0.3) is 0 Å². The van der Waals surface area contributed by atoms with Crippen LogP contribution in [0.15, 0.2) is 72.8 Å². The standard InChI is InChI=1S/C21H18ClN3O3/c22-14-10-11-16(21(23)27)18(12-14)24-13-20(26)25-17-8-4-5-9-19(17)28-15-6-2-1-3-7-15/h1-12,24H,13H2,(H2,23,27)(H,25,26). The molecule has 0 bridgehead atoms. The number of rotatable bonds is 7. The summed E-state index contributed by atoms with van der Waals surface area (Å²) in [6, 6.07) is 21.0. The van der Waals surface area contributed by atoms with Gasteiger partial charge in [-0.1, -0.05) is 41.9 Å². The lowest BCUT2D eigenvalue weighted by molar-refractivity contribution is -0.114. The summed E-state index contributed by atoms with van der Waals surface area (Å²) in [6.45, 7) is -0.0830. The van der Waals surface area contributed by atoms with Crippen molar-refractivity contribution in [3.8, 4) is 11.5 Å². The van der Waals surface area contributed by atoms with E-state index in [2.05, 4.69) is 10.6 Å². The van der Waals surface area contributed by atoms with Crippen molar-refractivity contribution in [1.29, 1.82) is 0 Å². The smallest absolute Gasteiger partial charge is 0.250 e. The van der Waals surface area contributed by atoms with E-state index in [-0.39, 0.29) is 18.0 Å². The van der Waals surface area contributed by atoms with Gasteiger partial charge in [-0.25, -0.2) is 0 Å². The first kappa shape index (κ1) is 19.3. The quantitative estimate of drug-likeness (QED) is 0.556. The zero-order valence-electron chi connectivity index (χ0n) is 14.8. The molecule has 0 spiro atoms. The van der Waals surface area contributed by atoms with Crippen LogP contribution in [0.4, 0.5) is 11.4 Å². The van der Waals surface area contributed by atoms with Gasteiger partial charge in [-0.05, 0) is 42.5 Å². The highest BCUT2D eigenvalue weighted by atomic mass is 35.5. The number of amides is 2. The van der Waals surface area contributed by atoms with Gasteiger partial charge in [0.1, 0.15) is 5.75 Å². The Labute approximate surface area is 167 Å². The van der Waals surface area contributed by atoms with E-state index in [4.69, 9.17) is 22.1 Å². The summed E-state index contributed by atoms with van der Waals surface area (Å²) in [6.07, 6.45) is 0. The fourth-order valence-corrected chi connectivity index (χ4v) is 2.69. The van der Waals surface area contributed by atoms with Crippen molar-refractivity contribution in [2.75, 3.05) is 17.2 Å². The summed E-state index contributed by atoms with van der Waals surface area (Å²) in [5, 5.41) is 6.10. The fourth-order valence-electron chi connectivity index (χ4n) is 2.52. The van der Waals surface area contributed by atoms with Gasteiger partial charge in [-0.2, -0.15) is 0 Å². The van der Waals surface area contributed by atoms with E-state index in [1.54, 1.807) is 30.3 Å². The summed E-state index contributed by atoms with van der Waals surface area (Å²) in [7, 11) is 0. The number of hydrogen-bond acceptors (Lipinski definition) is 4. The van der Waals surface area contributed by atoms with Crippen LogP contribution >= 0.6 is 11.6 Å². The van der Waals surface area contributed by atoms with Gasteiger partial charge < -0.3 is 21.1 Å². The minimum atomic E-state index is -0.610. The number of halogens is 1. The van der Waals surface area contributed by atoms with Crippen LogP contribution in [0.5, 0.6) is 11.5 Å². The van der Waals surface area contributed by atoms with E-state index >= 15 is 0 Å². The number of nitrogens with two attached hydrogens (primary N) is 1. The maximum absolute atomic E-state index is 12.4. The van der Waals surface area contributed by atoms with Crippen LogP contribution in [0.3, 0.4) is 0 Å². The van der Waals surface area contributed by atoms with Crippen molar-refractivity contribution < 1.29 is 14.3 Å². The molecule has 3 aromatic rings. The van der Waals surface area contributed by atoms with Crippen molar-refractivity contribution >= 4 is 34.8 Å². The Morgan fingerprint density at radius 3 is 2.39 bits per heavy atom. The summed E-state index contributed by atoms with van der Waals surface area (Å²) in [4.78, 5) is 23.9. The third kappa shape index (κ3) is 5.02. The van der Waals surface area contributed by atoms with E-state index < -0.39 is 5.91 Å². The highest BCUT2D eigenvalue weighted by Crippen LogP contribution is 2.29. The molecule has 0 fully saturated rings. The molecule has 6 nitrogen and oxygen atoms in total. The fraction of sp³-hybridized carbons (Fsp3) is 0.0476. The molecule has 0 radical (unpaired) electrons. The molecule has 2 amide bonds. The number of primary amides is 1. The summed E-state index contributed by atoms with van der Waals surface area (Å²) in [5.41, 5.74) is 6.52. The Kier molecular flexibility index (Phi) is 6.14. The average molecular weight is 396 g/mol. The molecule has 28 heavy (non-hydrogen) atoms. The maximum atomic E-state index is 12.4. The first-order valence-corrected chi connectivity index (χ1v) is 8.86. The molecule has 0 aliphatic carbocycles. The van der Waals surface area contributed by atoms with Crippen LogP contribution < -0.4 is 21.1 Å². The van der Waals surface area contributed by atoms with E-state index in [1.807, 2.05) is 36.4 Å². The first-order chi connectivity index (χ1) is 13.5. The summed E-state index contributed by atoms with van der Waals surface area (Å²) >= 11 is 5.96. The van der Waals surface area contributed by atoms with E-state index in [9.17, 15) is 9.59 Å². The molecular formula is C21H18ClN3O3. The third-order valence-electron chi connectivity index (χ3n) is 3.82. The number of hydrogen-bond donors (Lipinski definition) is 3. The summed E-state index contributed by atoms with van der Waals surface area (Å²) < 4.78 is 5.83. The lowest BCUT2D eigenvalue weighted by atomic mass is 10.1. The lowest BCUT2D eigenvalue weighted by Crippen LogP contribution is -2.23. The second-order valence-electron chi connectivity index (χ2n) is 5.87. The second kappa shape index (κ2) is 8.92. The van der Waals surface area contributed by atoms with Crippen molar-refractivity contribution in [3.63, 3.8) is 0 Å². The van der Waals surface area contributed by atoms with E-state index in [0.29, 0.717) is 27.9 Å². The molecule has 0 saturated carbocycles. The summed E-state index contributed by atoms with van der Waals surface area (Å²) in [5.74, 6) is 0.246. The topological polar surface area (TPSA) is 93.5 Å². The Morgan fingerprint density at radius 1 is 0.929 bits per heavy atom. The number of ether oxygens (including phenoxy) is 1. The van der Waals surface area contributed by atoms with Gasteiger partial charge in [0.2, 0.25) is 5.91 Å². The monoisotopic (exact) mass is 395 g/mol. The normalized spacial score (nSPS) is 10.2. The lowest BCUT2D eigenvalue weighted by Gasteiger charge is -2.14. The van der Waals surface area contributed by atoms with Crippen molar-refractivity contribution in [2.24, 2.45) is 5.73 Å². The highest BCUT2D eigenvalue weighted by Gasteiger charge is 2.12. The average Bonchev–Trinajstić information content (AvgIpc) is 2.68. The second-order valence-corrected chi connectivity index (χ2v) is 6.30. The van der Waals surface area contributed by atoms with Gasteiger partial charge in [-0.3, -0.25) is 9.59 Å². The minimum Gasteiger partial charge on any atom is -0.455 e. The van der Waals surface area contributed by atoms with Crippen molar-refractivity contribution in [2.45, 2.75) is 0 Å². The third-order valence-corrected chi connectivity index (χ3v) is 4.05.